The molecule has 1 N–H and O–H groups in total. The summed E-state index contributed by atoms with van der Waals surface area (Å²) in [7, 11) is 0. The number of nitrogens with one attached hydrogen (secondary N) is 1. The van der Waals surface area contributed by atoms with Gasteiger partial charge in [0.25, 0.3) is 0 Å². The van der Waals surface area contributed by atoms with E-state index in [0.29, 0.717) is 28.9 Å². The van der Waals surface area contributed by atoms with Gasteiger partial charge in [0.1, 0.15) is 6.04 Å². The third-order valence-electron chi connectivity index (χ3n) is 4.65. The van der Waals surface area contributed by atoms with E-state index < -0.39 is 6.04 Å². The number of carbonyl (C=O) groups excluding carboxylic acids is 2. The minimum atomic E-state index is -0.565. The molecule has 0 aliphatic heterocycles. The van der Waals surface area contributed by atoms with Crippen LogP contribution in [0.3, 0.4) is 0 Å². The van der Waals surface area contributed by atoms with Crippen molar-refractivity contribution in [2.24, 2.45) is 0 Å². The highest BCUT2D eigenvalue weighted by molar-refractivity contribution is 7.99. The number of hydrogen-bond acceptors (Lipinski definition) is 3. The van der Waals surface area contributed by atoms with Crippen LogP contribution in [0.25, 0.3) is 0 Å². The van der Waals surface area contributed by atoms with E-state index in [0.717, 1.165) is 24.0 Å². The van der Waals surface area contributed by atoms with Crippen LogP contribution in [-0.2, 0) is 21.9 Å². The molecule has 0 aliphatic rings. The average Bonchev–Trinajstić information content (AvgIpc) is 2.73. The molecule has 30 heavy (non-hydrogen) atoms. The first-order valence-corrected chi connectivity index (χ1v) is 12.0. The molecule has 1 unspecified atom stereocenters. The van der Waals surface area contributed by atoms with Gasteiger partial charge in [-0.25, -0.2) is 0 Å². The molecule has 2 aromatic carbocycles. The fraction of sp³-hybridized carbons (Fsp3) is 0.391. The second kappa shape index (κ2) is 12.9. The predicted molar refractivity (Wildman–Crippen MR) is 127 cm³/mol. The van der Waals surface area contributed by atoms with E-state index in [1.807, 2.05) is 42.5 Å². The molecule has 0 spiro atoms. The largest absolute Gasteiger partial charge is 0.354 e. The first-order chi connectivity index (χ1) is 14.4. The molecule has 162 valence electrons. The Morgan fingerprint density at radius 3 is 2.47 bits per heavy atom. The summed E-state index contributed by atoms with van der Waals surface area (Å²) in [5, 5.41) is 4.22. The average molecular weight is 467 g/mol. The van der Waals surface area contributed by atoms with Crippen molar-refractivity contribution in [3.8, 4) is 0 Å². The summed E-state index contributed by atoms with van der Waals surface area (Å²) in [5.41, 5.74) is 2.00. The Morgan fingerprint density at radius 2 is 1.80 bits per heavy atom. The zero-order chi connectivity index (χ0) is 21.9. The number of hydrogen-bond donors (Lipinski definition) is 1. The molecule has 2 amide bonds. The molecule has 0 saturated heterocycles. The van der Waals surface area contributed by atoms with Gasteiger partial charge in [0.2, 0.25) is 11.8 Å². The molecule has 0 radical (unpaired) electrons. The lowest BCUT2D eigenvalue weighted by molar-refractivity contribution is -0.138. The SMILES string of the molecule is CCCCNC(=O)C(C)N(Cc1cccc(Cl)c1)C(=O)CSCc1ccc(Cl)cc1. The number of nitrogens with zero attached hydrogens (tertiary/aromatic N) is 1. The Morgan fingerprint density at radius 1 is 1.07 bits per heavy atom. The number of amides is 2. The van der Waals surface area contributed by atoms with Crippen LogP contribution in [0.1, 0.15) is 37.8 Å². The number of rotatable bonds is 11. The quantitative estimate of drug-likeness (QED) is 0.440. The summed E-state index contributed by atoms with van der Waals surface area (Å²) in [5.74, 6) is 0.773. The molecule has 0 saturated carbocycles. The molecular formula is C23H28Cl2N2O2S. The number of thioether (sulfide) groups is 1. The highest BCUT2D eigenvalue weighted by atomic mass is 35.5. The van der Waals surface area contributed by atoms with E-state index in [4.69, 9.17) is 23.2 Å². The van der Waals surface area contributed by atoms with Gasteiger partial charge in [-0.15, -0.1) is 11.8 Å². The smallest absolute Gasteiger partial charge is 0.242 e. The Labute approximate surface area is 193 Å². The van der Waals surface area contributed by atoms with Crippen LogP contribution in [0, 0.1) is 0 Å². The number of carbonyl (C=O) groups is 2. The standard InChI is InChI=1S/C23H28Cl2N2O2S/c1-3-4-12-26-23(29)17(2)27(14-19-6-5-7-21(25)13-19)22(28)16-30-15-18-8-10-20(24)11-9-18/h5-11,13,17H,3-4,12,14-16H2,1-2H3,(H,26,29). The van der Waals surface area contributed by atoms with E-state index in [1.54, 1.807) is 17.9 Å². The number of benzene rings is 2. The maximum Gasteiger partial charge on any atom is 0.242 e. The van der Waals surface area contributed by atoms with E-state index in [-0.39, 0.29) is 17.6 Å². The third kappa shape index (κ3) is 8.21. The molecule has 0 aromatic heterocycles. The lowest BCUT2D eigenvalue weighted by Gasteiger charge is -2.29. The van der Waals surface area contributed by atoms with E-state index in [2.05, 4.69) is 12.2 Å². The van der Waals surface area contributed by atoms with Gasteiger partial charge in [-0.2, -0.15) is 0 Å². The van der Waals surface area contributed by atoms with Crippen LogP contribution >= 0.6 is 35.0 Å². The molecule has 4 nitrogen and oxygen atoms in total. The monoisotopic (exact) mass is 466 g/mol. The van der Waals surface area contributed by atoms with Crippen LogP contribution in [-0.4, -0.2) is 35.1 Å². The Hall–Kier alpha value is -1.69. The molecule has 1 atom stereocenters. The minimum absolute atomic E-state index is 0.0768. The first-order valence-electron chi connectivity index (χ1n) is 10.0. The summed E-state index contributed by atoms with van der Waals surface area (Å²) < 4.78 is 0. The number of halogens is 2. The van der Waals surface area contributed by atoms with Crippen LogP contribution in [0.5, 0.6) is 0 Å². The molecule has 0 fully saturated rings. The van der Waals surface area contributed by atoms with Crippen molar-refractivity contribution in [1.82, 2.24) is 10.2 Å². The maximum atomic E-state index is 13.0. The van der Waals surface area contributed by atoms with Crippen molar-refractivity contribution >= 4 is 46.8 Å². The van der Waals surface area contributed by atoms with Crippen LogP contribution < -0.4 is 5.32 Å². The van der Waals surface area contributed by atoms with Gasteiger partial charge in [-0.05, 0) is 48.7 Å². The van der Waals surface area contributed by atoms with Gasteiger partial charge >= 0.3 is 0 Å². The van der Waals surface area contributed by atoms with Crippen molar-refractivity contribution in [2.75, 3.05) is 12.3 Å². The zero-order valence-electron chi connectivity index (χ0n) is 17.4. The molecule has 0 aliphatic carbocycles. The van der Waals surface area contributed by atoms with Gasteiger partial charge in [-0.3, -0.25) is 9.59 Å². The Kier molecular flexibility index (Phi) is 10.6. The Balaban J connectivity index is 2.03. The molecule has 2 rings (SSSR count). The topological polar surface area (TPSA) is 49.4 Å². The molecule has 2 aromatic rings. The number of unbranched alkanes of at least 4 members (excludes halogenated alkanes) is 1. The van der Waals surface area contributed by atoms with E-state index in [1.165, 1.54) is 11.8 Å². The summed E-state index contributed by atoms with van der Waals surface area (Å²) in [4.78, 5) is 27.2. The fourth-order valence-corrected chi connectivity index (χ4v) is 4.08. The summed E-state index contributed by atoms with van der Waals surface area (Å²) in [6.45, 7) is 4.80. The van der Waals surface area contributed by atoms with E-state index in [9.17, 15) is 9.59 Å². The van der Waals surface area contributed by atoms with Crippen LogP contribution in [0.15, 0.2) is 48.5 Å². The lowest BCUT2D eigenvalue weighted by atomic mass is 10.1. The van der Waals surface area contributed by atoms with Gasteiger partial charge < -0.3 is 10.2 Å². The summed E-state index contributed by atoms with van der Waals surface area (Å²) in [6.07, 6.45) is 1.92. The first kappa shape index (κ1) is 24.6. The third-order valence-corrected chi connectivity index (χ3v) is 6.12. The predicted octanol–water partition coefficient (Wildman–Crippen LogP) is 5.56. The van der Waals surface area contributed by atoms with Crippen molar-refractivity contribution in [3.05, 3.63) is 69.7 Å². The highest BCUT2D eigenvalue weighted by Gasteiger charge is 2.25. The van der Waals surface area contributed by atoms with Gasteiger partial charge in [0, 0.05) is 28.9 Å². The summed E-state index contributed by atoms with van der Waals surface area (Å²) in [6, 6.07) is 14.4. The van der Waals surface area contributed by atoms with E-state index >= 15 is 0 Å². The van der Waals surface area contributed by atoms with Crippen LogP contribution in [0.4, 0.5) is 0 Å². The molecule has 0 heterocycles. The zero-order valence-corrected chi connectivity index (χ0v) is 19.7. The van der Waals surface area contributed by atoms with Gasteiger partial charge in [-0.1, -0.05) is 60.8 Å². The second-order valence-corrected chi connectivity index (χ2v) is 8.95. The molecule has 0 bridgehead atoms. The van der Waals surface area contributed by atoms with Crippen molar-refractivity contribution in [3.63, 3.8) is 0 Å². The second-order valence-electron chi connectivity index (χ2n) is 7.09. The molecule has 7 heteroatoms. The van der Waals surface area contributed by atoms with Crippen LogP contribution in [0.2, 0.25) is 10.0 Å². The van der Waals surface area contributed by atoms with Gasteiger partial charge in [0.15, 0.2) is 0 Å². The normalized spacial score (nSPS) is 11.7. The maximum absolute atomic E-state index is 13.0. The minimum Gasteiger partial charge on any atom is -0.354 e. The lowest BCUT2D eigenvalue weighted by Crippen LogP contribution is -2.48. The van der Waals surface area contributed by atoms with Crippen molar-refractivity contribution in [1.29, 1.82) is 0 Å². The fourth-order valence-electron chi connectivity index (χ4n) is 2.87. The van der Waals surface area contributed by atoms with Crippen molar-refractivity contribution < 1.29 is 9.59 Å². The summed E-state index contributed by atoms with van der Waals surface area (Å²) >= 11 is 13.5. The Bertz CT molecular complexity index is 830. The highest BCUT2D eigenvalue weighted by Crippen LogP contribution is 2.19. The molecular weight excluding hydrogens is 439 g/mol. The van der Waals surface area contributed by atoms with Crippen molar-refractivity contribution in [2.45, 2.75) is 45.0 Å². The van der Waals surface area contributed by atoms with Gasteiger partial charge in [0.05, 0.1) is 5.75 Å².